The molecule has 1 rings (SSSR count). The van der Waals surface area contributed by atoms with Crippen molar-refractivity contribution in [1.82, 2.24) is 10.2 Å². The van der Waals surface area contributed by atoms with E-state index in [0.717, 1.165) is 13.0 Å². The first-order valence-corrected chi connectivity index (χ1v) is 4.82. The standard InChI is InChI=1S/C9H18F2N2/c1-3-5-12-9(8(10)11)4-6-13(2)7-9/h8,12H,3-7H2,1-2H3. The number of halogens is 2. The Kier molecular flexibility index (Phi) is 3.62. The first-order valence-electron chi connectivity index (χ1n) is 4.82. The zero-order valence-electron chi connectivity index (χ0n) is 8.32. The average Bonchev–Trinajstić information content (AvgIpc) is 2.45. The first-order chi connectivity index (χ1) is 6.10. The molecule has 0 aromatic rings. The third kappa shape index (κ3) is 2.38. The Labute approximate surface area is 78.3 Å². The van der Waals surface area contributed by atoms with Gasteiger partial charge in [0.05, 0.1) is 5.54 Å². The second kappa shape index (κ2) is 4.33. The summed E-state index contributed by atoms with van der Waals surface area (Å²) in [6.45, 7) is 3.90. The van der Waals surface area contributed by atoms with E-state index in [2.05, 4.69) is 5.32 Å². The van der Waals surface area contributed by atoms with Crippen LogP contribution in [0.1, 0.15) is 19.8 Å². The van der Waals surface area contributed by atoms with E-state index < -0.39 is 12.0 Å². The summed E-state index contributed by atoms with van der Waals surface area (Å²) in [4.78, 5) is 1.95. The van der Waals surface area contributed by atoms with Crippen LogP contribution in [0.25, 0.3) is 0 Å². The fraction of sp³-hybridized carbons (Fsp3) is 1.00. The van der Waals surface area contributed by atoms with Crippen LogP contribution in [0.4, 0.5) is 8.78 Å². The van der Waals surface area contributed by atoms with Crippen LogP contribution >= 0.6 is 0 Å². The number of hydrogen-bond donors (Lipinski definition) is 1. The van der Waals surface area contributed by atoms with Crippen molar-refractivity contribution in [3.63, 3.8) is 0 Å². The lowest BCUT2D eigenvalue weighted by atomic mass is 9.99. The minimum atomic E-state index is -2.26. The van der Waals surface area contributed by atoms with E-state index in [9.17, 15) is 8.78 Å². The van der Waals surface area contributed by atoms with Gasteiger partial charge in [0.15, 0.2) is 0 Å². The number of nitrogens with zero attached hydrogens (tertiary/aromatic N) is 1. The Morgan fingerprint density at radius 2 is 2.23 bits per heavy atom. The molecule has 1 heterocycles. The summed E-state index contributed by atoms with van der Waals surface area (Å²) in [6.07, 6.45) is -0.802. The molecule has 0 aromatic carbocycles. The fourth-order valence-electron chi connectivity index (χ4n) is 1.80. The predicted molar refractivity (Wildman–Crippen MR) is 49.1 cm³/mol. The van der Waals surface area contributed by atoms with Crippen LogP contribution in [0.2, 0.25) is 0 Å². The molecule has 1 N–H and O–H groups in total. The first kappa shape index (κ1) is 10.9. The van der Waals surface area contributed by atoms with Gasteiger partial charge in [0.25, 0.3) is 6.43 Å². The van der Waals surface area contributed by atoms with Crippen molar-refractivity contribution in [2.45, 2.75) is 31.7 Å². The topological polar surface area (TPSA) is 15.3 Å². The van der Waals surface area contributed by atoms with Crippen LogP contribution in [0.5, 0.6) is 0 Å². The fourth-order valence-corrected chi connectivity index (χ4v) is 1.80. The lowest BCUT2D eigenvalue weighted by Gasteiger charge is -2.29. The SMILES string of the molecule is CCCNC1(C(F)F)CCN(C)C1. The van der Waals surface area contributed by atoms with E-state index in [0.29, 0.717) is 19.5 Å². The number of hydrogen-bond acceptors (Lipinski definition) is 2. The van der Waals surface area contributed by atoms with E-state index >= 15 is 0 Å². The van der Waals surface area contributed by atoms with Gasteiger partial charge in [0.2, 0.25) is 0 Å². The van der Waals surface area contributed by atoms with Crippen molar-refractivity contribution in [3.05, 3.63) is 0 Å². The quantitative estimate of drug-likeness (QED) is 0.722. The number of rotatable bonds is 4. The van der Waals surface area contributed by atoms with Crippen LogP contribution in [0.15, 0.2) is 0 Å². The van der Waals surface area contributed by atoms with Crippen LogP contribution in [0, 0.1) is 0 Å². The van der Waals surface area contributed by atoms with Crippen LogP contribution in [-0.4, -0.2) is 43.5 Å². The minimum Gasteiger partial charge on any atom is -0.305 e. The largest absolute Gasteiger partial charge is 0.305 e. The van der Waals surface area contributed by atoms with Gasteiger partial charge in [-0.3, -0.25) is 0 Å². The molecule has 1 aliphatic heterocycles. The summed E-state index contributed by atoms with van der Waals surface area (Å²) in [6, 6.07) is 0. The van der Waals surface area contributed by atoms with Crippen molar-refractivity contribution in [2.75, 3.05) is 26.7 Å². The molecule has 4 heteroatoms. The molecule has 1 saturated heterocycles. The van der Waals surface area contributed by atoms with Crippen LogP contribution in [-0.2, 0) is 0 Å². The monoisotopic (exact) mass is 192 g/mol. The normalized spacial score (nSPS) is 30.2. The van der Waals surface area contributed by atoms with Gasteiger partial charge in [-0.1, -0.05) is 6.92 Å². The summed E-state index contributed by atoms with van der Waals surface area (Å²) in [5.41, 5.74) is -0.940. The van der Waals surface area contributed by atoms with E-state index in [1.807, 2.05) is 18.9 Å². The molecule has 78 valence electrons. The molecule has 1 unspecified atom stereocenters. The molecular weight excluding hydrogens is 174 g/mol. The molecule has 0 spiro atoms. The highest BCUT2D eigenvalue weighted by molar-refractivity contribution is 4.98. The summed E-state index contributed by atoms with van der Waals surface area (Å²) >= 11 is 0. The summed E-state index contributed by atoms with van der Waals surface area (Å²) in [5.74, 6) is 0. The van der Waals surface area contributed by atoms with E-state index in [4.69, 9.17) is 0 Å². The maximum Gasteiger partial charge on any atom is 0.257 e. The average molecular weight is 192 g/mol. The van der Waals surface area contributed by atoms with Crippen LogP contribution in [0.3, 0.4) is 0 Å². The zero-order chi connectivity index (χ0) is 9.90. The molecule has 1 aliphatic rings. The van der Waals surface area contributed by atoms with Crippen molar-refractivity contribution in [1.29, 1.82) is 0 Å². The Balaban J connectivity index is 2.54. The van der Waals surface area contributed by atoms with Crippen molar-refractivity contribution < 1.29 is 8.78 Å². The van der Waals surface area contributed by atoms with E-state index in [-0.39, 0.29) is 0 Å². The van der Waals surface area contributed by atoms with Crippen molar-refractivity contribution in [2.24, 2.45) is 0 Å². The summed E-state index contributed by atoms with van der Waals surface area (Å²) < 4.78 is 25.6. The molecule has 1 atom stereocenters. The highest BCUT2D eigenvalue weighted by Gasteiger charge is 2.43. The third-order valence-electron chi connectivity index (χ3n) is 2.64. The molecule has 0 aliphatic carbocycles. The van der Waals surface area contributed by atoms with Crippen molar-refractivity contribution >= 4 is 0 Å². The Morgan fingerprint density at radius 3 is 2.62 bits per heavy atom. The van der Waals surface area contributed by atoms with Gasteiger partial charge in [0, 0.05) is 6.54 Å². The van der Waals surface area contributed by atoms with Gasteiger partial charge >= 0.3 is 0 Å². The lowest BCUT2D eigenvalue weighted by Crippen LogP contribution is -2.53. The molecule has 13 heavy (non-hydrogen) atoms. The van der Waals surface area contributed by atoms with Crippen molar-refractivity contribution in [3.8, 4) is 0 Å². The molecule has 0 bridgehead atoms. The summed E-state index contributed by atoms with van der Waals surface area (Å²) in [7, 11) is 1.89. The highest BCUT2D eigenvalue weighted by atomic mass is 19.3. The molecule has 0 radical (unpaired) electrons. The smallest absolute Gasteiger partial charge is 0.257 e. The zero-order valence-corrected chi connectivity index (χ0v) is 8.32. The molecule has 0 amide bonds. The Hall–Kier alpha value is -0.220. The lowest BCUT2D eigenvalue weighted by molar-refractivity contribution is 0.0361. The van der Waals surface area contributed by atoms with Gasteiger partial charge in [0.1, 0.15) is 0 Å². The minimum absolute atomic E-state index is 0.463. The van der Waals surface area contributed by atoms with Crippen LogP contribution < -0.4 is 5.32 Å². The van der Waals surface area contributed by atoms with Gasteiger partial charge < -0.3 is 10.2 Å². The Bertz CT molecular complexity index is 164. The van der Waals surface area contributed by atoms with Gasteiger partial charge in [-0.2, -0.15) is 0 Å². The van der Waals surface area contributed by atoms with Gasteiger partial charge in [-0.25, -0.2) is 8.78 Å². The number of nitrogens with one attached hydrogen (secondary N) is 1. The number of likely N-dealkylation sites (N-methyl/N-ethyl adjacent to an activating group) is 1. The second-order valence-corrected chi connectivity index (χ2v) is 3.87. The van der Waals surface area contributed by atoms with Gasteiger partial charge in [-0.05, 0) is 33.0 Å². The van der Waals surface area contributed by atoms with E-state index in [1.54, 1.807) is 0 Å². The maximum atomic E-state index is 12.8. The molecule has 2 nitrogen and oxygen atoms in total. The van der Waals surface area contributed by atoms with E-state index in [1.165, 1.54) is 0 Å². The number of likely N-dealkylation sites (tertiary alicyclic amines) is 1. The Morgan fingerprint density at radius 1 is 1.54 bits per heavy atom. The van der Waals surface area contributed by atoms with Gasteiger partial charge in [-0.15, -0.1) is 0 Å². The predicted octanol–water partition coefficient (Wildman–Crippen LogP) is 1.33. The maximum absolute atomic E-state index is 12.8. The summed E-state index contributed by atoms with van der Waals surface area (Å²) in [5, 5.41) is 2.98. The molecule has 0 aromatic heterocycles. The number of alkyl halides is 2. The second-order valence-electron chi connectivity index (χ2n) is 3.87. The molecule has 0 saturated carbocycles. The molecule has 1 fully saturated rings. The highest BCUT2D eigenvalue weighted by Crippen LogP contribution is 2.26. The molecular formula is C9H18F2N2. The third-order valence-corrected chi connectivity index (χ3v) is 2.64.